The zero-order valence-corrected chi connectivity index (χ0v) is 23.7. The molecule has 41 heavy (non-hydrogen) atoms. The fourth-order valence-corrected chi connectivity index (χ4v) is 6.08. The van der Waals surface area contributed by atoms with Gasteiger partial charge in [0.1, 0.15) is 12.3 Å². The first kappa shape index (κ1) is 26.3. The van der Waals surface area contributed by atoms with Crippen LogP contribution in [0.3, 0.4) is 0 Å². The topological polar surface area (TPSA) is 57.2 Å². The standard InChI is InChI=1S/C35H31NO5/c1-36-28(20-37)32-24(17-18-29(38-2)34(32)40-4)26-16-15-25-27(33(26)36)19-30(39-3)35(41-5)31(25)23-13-11-22(12-14-23)21-9-7-6-8-10-21/h6-20,28H,1-5H3. The number of ether oxygens (including phenoxy) is 4. The molecule has 1 aliphatic rings. The molecule has 206 valence electrons. The Bertz CT molecular complexity index is 1760. The van der Waals surface area contributed by atoms with Gasteiger partial charge in [-0.15, -0.1) is 0 Å². The fourth-order valence-electron chi connectivity index (χ4n) is 6.08. The van der Waals surface area contributed by atoms with Crippen molar-refractivity contribution in [3.05, 3.63) is 90.5 Å². The van der Waals surface area contributed by atoms with E-state index >= 15 is 0 Å². The highest BCUT2D eigenvalue weighted by atomic mass is 16.5. The van der Waals surface area contributed by atoms with Gasteiger partial charge in [-0.25, -0.2) is 0 Å². The second-order valence-corrected chi connectivity index (χ2v) is 9.94. The highest BCUT2D eigenvalue weighted by Crippen LogP contribution is 2.54. The van der Waals surface area contributed by atoms with Crippen molar-refractivity contribution in [1.29, 1.82) is 0 Å². The largest absolute Gasteiger partial charge is 0.493 e. The highest BCUT2D eigenvalue weighted by molar-refractivity contribution is 6.12. The van der Waals surface area contributed by atoms with Crippen LogP contribution in [0.15, 0.2) is 84.9 Å². The average Bonchev–Trinajstić information content (AvgIpc) is 3.03. The first-order chi connectivity index (χ1) is 20.1. The van der Waals surface area contributed by atoms with Crippen molar-refractivity contribution >= 4 is 22.7 Å². The molecule has 0 saturated heterocycles. The molecule has 0 saturated carbocycles. The van der Waals surface area contributed by atoms with Crippen LogP contribution < -0.4 is 23.8 Å². The molecule has 6 nitrogen and oxygen atoms in total. The van der Waals surface area contributed by atoms with Gasteiger partial charge in [-0.1, -0.05) is 66.7 Å². The average molecular weight is 546 g/mol. The number of methoxy groups -OCH3 is 4. The zero-order chi connectivity index (χ0) is 28.7. The van der Waals surface area contributed by atoms with Gasteiger partial charge in [-0.05, 0) is 45.8 Å². The maximum Gasteiger partial charge on any atom is 0.169 e. The van der Waals surface area contributed by atoms with E-state index in [2.05, 4.69) is 48.5 Å². The Morgan fingerprint density at radius 3 is 1.90 bits per heavy atom. The quantitative estimate of drug-likeness (QED) is 0.197. The lowest BCUT2D eigenvalue weighted by molar-refractivity contribution is -0.109. The van der Waals surface area contributed by atoms with Crippen LogP contribution >= 0.6 is 0 Å². The summed E-state index contributed by atoms with van der Waals surface area (Å²) in [5.41, 5.74) is 7.86. The SMILES string of the molecule is COc1ccc2c(c1OC)C(C=O)N(C)c1c-2ccc2c(-c3ccc(-c4ccccc4)cc3)c(OC)c(OC)cc12. The van der Waals surface area contributed by atoms with Crippen LogP contribution in [-0.4, -0.2) is 41.8 Å². The van der Waals surface area contributed by atoms with Gasteiger partial charge in [0.25, 0.3) is 0 Å². The van der Waals surface area contributed by atoms with Gasteiger partial charge in [0.2, 0.25) is 0 Å². The summed E-state index contributed by atoms with van der Waals surface area (Å²) >= 11 is 0. The molecule has 5 aromatic carbocycles. The Labute approximate surface area is 239 Å². The number of rotatable bonds is 7. The number of benzene rings is 5. The molecule has 1 aliphatic heterocycles. The molecule has 6 rings (SSSR count). The molecule has 0 aromatic heterocycles. The van der Waals surface area contributed by atoms with E-state index in [-0.39, 0.29) is 0 Å². The maximum atomic E-state index is 12.6. The van der Waals surface area contributed by atoms with E-state index in [4.69, 9.17) is 18.9 Å². The molecule has 1 unspecified atom stereocenters. The number of likely N-dealkylation sites (N-methyl/N-ethyl adjacent to an activating group) is 1. The van der Waals surface area contributed by atoms with Gasteiger partial charge in [0.15, 0.2) is 23.0 Å². The molecule has 0 spiro atoms. The minimum absolute atomic E-state index is 0.561. The Kier molecular flexibility index (Phi) is 6.75. The number of nitrogens with zero attached hydrogens (tertiary/aromatic N) is 1. The Hall–Kier alpha value is -4.97. The van der Waals surface area contributed by atoms with E-state index in [0.29, 0.717) is 23.0 Å². The summed E-state index contributed by atoms with van der Waals surface area (Å²) in [6.45, 7) is 0. The predicted molar refractivity (Wildman–Crippen MR) is 164 cm³/mol. The lowest BCUT2D eigenvalue weighted by Crippen LogP contribution is -2.30. The first-order valence-electron chi connectivity index (χ1n) is 13.4. The number of anilines is 1. The second-order valence-electron chi connectivity index (χ2n) is 9.94. The Balaban J connectivity index is 1.63. The van der Waals surface area contributed by atoms with E-state index in [9.17, 15) is 4.79 Å². The van der Waals surface area contributed by atoms with E-state index in [1.54, 1.807) is 28.4 Å². The van der Waals surface area contributed by atoms with Gasteiger partial charge >= 0.3 is 0 Å². The van der Waals surface area contributed by atoms with Crippen molar-refractivity contribution in [3.63, 3.8) is 0 Å². The molecule has 0 N–H and O–H groups in total. The third-order valence-electron chi connectivity index (χ3n) is 7.99. The number of carbonyl (C=O) groups is 1. The molecule has 0 fully saturated rings. The fraction of sp³-hybridized carbons (Fsp3) is 0.171. The normalized spacial score (nSPS) is 13.8. The highest BCUT2D eigenvalue weighted by Gasteiger charge is 2.35. The molecule has 6 heteroatoms. The van der Waals surface area contributed by atoms with E-state index in [0.717, 1.165) is 61.7 Å². The molecular weight excluding hydrogens is 514 g/mol. The molecule has 1 heterocycles. The van der Waals surface area contributed by atoms with Crippen molar-refractivity contribution in [1.82, 2.24) is 0 Å². The summed E-state index contributed by atoms with van der Waals surface area (Å²) < 4.78 is 23.1. The Morgan fingerprint density at radius 2 is 1.27 bits per heavy atom. The number of carbonyl (C=O) groups excluding carboxylic acids is 1. The van der Waals surface area contributed by atoms with Gasteiger partial charge in [-0.3, -0.25) is 0 Å². The minimum atomic E-state index is -0.574. The van der Waals surface area contributed by atoms with Gasteiger partial charge in [0, 0.05) is 29.1 Å². The number of fused-ring (bicyclic) bond motifs is 5. The molecular formula is C35H31NO5. The number of hydrogen-bond donors (Lipinski definition) is 0. The third-order valence-corrected chi connectivity index (χ3v) is 7.99. The van der Waals surface area contributed by atoms with Crippen molar-refractivity contribution in [2.75, 3.05) is 40.4 Å². The van der Waals surface area contributed by atoms with Crippen molar-refractivity contribution < 1.29 is 23.7 Å². The molecule has 0 amide bonds. The molecule has 5 aromatic rings. The number of aldehydes is 1. The van der Waals surface area contributed by atoms with Gasteiger partial charge in [0.05, 0.1) is 34.1 Å². The third kappa shape index (κ3) is 4.06. The van der Waals surface area contributed by atoms with Crippen LogP contribution in [0.2, 0.25) is 0 Å². The maximum absolute atomic E-state index is 12.6. The zero-order valence-electron chi connectivity index (χ0n) is 23.7. The summed E-state index contributed by atoms with van der Waals surface area (Å²) in [5.74, 6) is 2.42. The van der Waals surface area contributed by atoms with Crippen molar-refractivity contribution in [2.45, 2.75) is 6.04 Å². The first-order valence-corrected chi connectivity index (χ1v) is 13.4. The molecule has 1 atom stereocenters. The van der Waals surface area contributed by atoms with Crippen LogP contribution in [0.1, 0.15) is 11.6 Å². The van der Waals surface area contributed by atoms with Crippen molar-refractivity contribution in [3.8, 4) is 56.4 Å². The summed E-state index contributed by atoms with van der Waals surface area (Å²) in [7, 11) is 8.44. The summed E-state index contributed by atoms with van der Waals surface area (Å²) in [4.78, 5) is 14.6. The van der Waals surface area contributed by atoms with E-state index in [1.807, 2.05) is 48.3 Å². The van der Waals surface area contributed by atoms with Crippen LogP contribution in [0.4, 0.5) is 5.69 Å². The Morgan fingerprint density at radius 1 is 0.634 bits per heavy atom. The smallest absolute Gasteiger partial charge is 0.169 e. The molecule has 0 bridgehead atoms. The molecule has 0 aliphatic carbocycles. The van der Waals surface area contributed by atoms with Crippen LogP contribution in [0, 0.1) is 0 Å². The van der Waals surface area contributed by atoms with Gasteiger partial charge < -0.3 is 28.6 Å². The second kappa shape index (κ2) is 10.5. The molecule has 0 radical (unpaired) electrons. The minimum Gasteiger partial charge on any atom is -0.493 e. The monoisotopic (exact) mass is 545 g/mol. The lowest BCUT2D eigenvalue weighted by Gasteiger charge is -2.37. The summed E-state index contributed by atoms with van der Waals surface area (Å²) in [5, 5.41) is 1.95. The van der Waals surface area contributed by atoms with Gasteiger partial charge in [-0.2, -0.15) is 0 Å². The summed E-state index contributed by atoms with van der Waals surface area (Å²) in [6.07, 6.45) is 0.951. The lowest BCUT2D eigenvalue weighted by atomic mass is 9.84. The van der Waals surface area contributed by atoms with Crippen LogP contribution in [0.25, 0.3) is 44.2 Å². The van der Waals surface area contributed by atoms with E-state index in [1.165, 1.54) is 0 Å². The van der Waals surface area contributed by atoms with Crippen molar-refractivity contribution in [2.24, 2.45) is 0 Å². The predicted octanol–water partition coefficient (Wildman–Crippen LogP) is 7.57. The van der Waals surface area contributed by atoms with E-state index < -0.39 is 6.04 Å². The summed E-state index contributed by atoms with van der Waals surface area (Å²) in [6, 6.07) is 28.3. The van der Waals surface area contributed by atoms with Crippen LogP contribution in [0.5, 0.6) is 23.0 Å². The number of hydrogen-bond acceptors (Lipinski definition) is 6. The van der Waals surface area contributed by atoms with Crippen LogP contribution in [-0.2, 0) is 4.79 Å².